The van der Waals surface area contributed by atoms with Gasteiger partial charge in [-0.05, 0) is 17.8 Å². The first-order valence-electron chi connectivity index (χ1n) is 5.00. The average Bonchev–Trinajstić information content (AvgIpc) is 2.60. The normalized spacial score (nSPS) is 11.6. The molecule has 2 rings (SSSR count). The minimum atomic E-state index is -0.233. The van der Waals surface area contributed by atoms with Gasteiger partial charge in [-0.1, -0.05) is 44.2 Å². The standard InChI is InChI=1S/C12H13NOS2/c1-12(2,8-6-4-3-5-7-8)9-10(14)13-11(15)16-9/h3-7,14H,1-2H3,(H,13,15). The lowest BCUT2D eigenvalue weighted by Crippen LogP contribution is -2.17. The van der Waals surface area contributed by atoms with E-state index < -0.39 is 0 Å². The molecule has 1 aromatic heterocycles. The molecule has 0 spiro atoms. The SMILES string of the molecule is CC(C)(c1ccccc1)c1sc(=S)[nH]c1O. The second kappa shape index (κ2) is 4.03. The largest absolute Gasteiger partial charge is 0.494 e. The highest BCUT2D eigenvalue weighted by atomic mass is 32.1. The van der Waals surface area contributed by atoms with Gasteiger partial charge in [-0.25, -0.2) is 0 Å². The first-order valence-corrected chi connectivity index (χ1v) is 6.22. The quantitative estimate of drug-likeness (QED) is 0.796. The van der Waals surface area contributed by atoms with Crippen LogP contribution in [0.3, 0.4) is 0 Å². The summed E-state index contributed by atoms with van der Waals surface area (Å²) in [5, 5.41) is 9.82. The van der Waals surface area contributed by atoms with Crippen LogP contribution in [-0.2, 0) is 5.41 Å². The predicted octanol–water partition coefficient (Wildman–Crippen LogP) is 3.84. The summed E-state index contributed by atoms with van der Waals surface area (Å²) in [6.07, 6.45) is 0. The molecule has 0 unspecified atom stereocenters. The number of aromatic nitrogens is 1. The fraction of sp³-hybridized carbons (Fsp3) is 0.250. The highest BCUT2D eigenvalue weighted by Crippen LogP contribution is 2.39. The van der Waals surface area contributed by atoms with Crippen molar-refractivity contribution in [2.45, 2.75) is 19.3 Å². The maximum Gasteiger partial charge on any atom is 0.204 e. The molecule has 0 radical (unpaired) electrons. The molecule has 0 bridgehead atoms. The molecular weight excluding hydrogens is 238 g/mol. The van der Waals surface area contributed by atoms with E-state index in [-0.39, 0.29) is 11.3 Å². The Morgan fingerprint density at radius 1 is 1.25 bits per heavy atom. The second-order valence-electron chi connectivity index (χ2n) is 4.18. The van der Waals surface area contributed by atoms with Crippen LogP contribution in [0, 0.1) is 3.95 Å². The molecule has 16 heavy (non-hydrogen) atoms. The Morgan fingerprint density at radius 2 is 1.88 bits per heavy atom. The Kier molecular flexibility index (Phi) is 2.86. The van der Waals surface area contributed by atoms with E-state index in [4.69, 9.17) is 12.2 Å². The zero-order valence-electron chi connectivity index (χ0n) is 9.15. The predicted molar refractivity (Wildman–Crippen MR) is 69.7 cm³/mol. The number of rotatable bonds is 2. The van der Waals surface area contributed by atoms with Crippen molar-refractivity contribution >= 4 is 23.6 Å². The van der Waals surface area contributed by atoms with Gasteiger partial charge in [-0.15, -0.1) is 11.3 Å². The van der Waals surface area contributed by atoms with Gasteiger partial charge >= 0.3 is 0 Å². The number of hydrogen-bond donors (Lipinski definition) is 2. The van der Waals surface area contributed by atoms with Gasteiger partial charge in [-0.3, -0.25) is 0 Å². The smallest absolute Gasteiger partial charge is 0.204 e. The summed E-state index contributed by atoms with van der Waals surface area (Å²) in [6.45, 7) is 4.16. The molecule has 2 nitrogen and oxygen atoms in total. The van der Waals surface area contributed by atoms with E-state index in [2.05, 4.69) is 31.0 Å². The van der Waals surface area contributed by atoms with Crippen molar-refractivity contribution in [2.75, 3.05) is 0 Å². The van der Waals surface area contributed by atoms with Gasteiger partial charge in [0.25, 0.3) is 0 Å². The number of benzene rings is 1. The number of thiazole rings is 1. The van der Waals surface area contributed by atoms with Crippen LogP contribution in [0.5, 0.6) is 5.88 Å². The van der Waals surface area contributed by atoms with E-state index in [0.29, 0.717) is 3.95 Å². The molecule has 0 aliphatic carbocycles. The molecule has 0 saturated carbocycles. The molecule has 2 aromatic rings. The minimum Gasteiger partial charge on any atom is -0.494 e. The number of H-pyrrole nitrogens is 1. The van der Waals surface area contributed by atoms with Crippen molar-refractivity contribution in [3.05, 3.63) is 44.7 Å². The summed E-state index contributed by atoms with van der Waals surface area (Å²) in [4.78, 5) is 3.65. The van der Waals surface area contributed by atoms with Gasteiger partial charge in [0.15, 0.2) is 3.95 Å². The van der Waals surface area contributed by atoms with Crippen LogP contribution in [-0.4, -0.2) is 10.1 Å². The van der Waals surface area contributed by atoms with Crippen LogP contribution in [0.2, 0.25) is 0 Å². The minimum absolute atomic E-state index is 0.184. The summed E-state index contributed by atoms with van der Waals surface area (Å²) in [7, 11) is 0. The lowest BCUT2D eigenvalue weighted by Gasteiger charge is -2.23. The summed E-state index contributed by atoms with van der Waals surface area (Å²) in [6, 6.07) is 10.1. The molecular formula is C12H13NOS2. The van der Waals surface area contributed by atoms with E-state index in [1.54, 1.807) is 0 Å². The van der Waals surface area contributed by atoms with Crippen LogP contribution in [0.4, 0.5) is 0 Å². The topological polar surface area (TPSA) is 36.0 Å². The van der Waals surface area contributed by atoms with Crippen LogP contribution in [0.15, 0.2) is 30.3 Å². The van der Waals surface area contributed by atoms with Crippen molar-refractivity contribution in [1.29, 1.82) is 0 Å². The Balaban J connectivity index is 2.55. The third-order valence-corrected chi connectivity index (χ3v) is 4.24. The van der Waals surface area contributed by atoms with Gasteiger partial charge in [0.05, 0.1) is 4.88 Å². The van der Waals surface area contributed by atoms with Gasteiger partial charge < -0.3 is 10.1 Å². The molecule has 0 aliphatic rings. The summed E-state index contributed by atoms with van der Waals surface area (Å²) >= 11 is 6.47. The molecule has 1 aromatic carbocycles. The first kappa shape index (κ1) is 11.4. The monoisotopic (exact) mass is 251 g/mol. The van der Waals surface area contributed by atoms with Gasteiger partial charge in [0, 0.05) is 5.41 Å². The van der Waals surface area contributed by atoms with Crippen molar-refractivity contribution < 1.29 is 5.11 Å². The third kappa shape index (κ3) is 1.90. The van der Waals surface area contributed by atoms with Crippen molar-refractivity contribution in [3.63, 3.8) is 0 Å². The Labute approximate surface area is 104 Å². The number of nitrogens with one attached hydrogen (secondary N) is 1. The lowest BCUT2D eigenvalue weighted by molar-refractivity contribution is 0.439. The number of aromatic hydroxyl groups is 1. The van der Waals surface area contributed by atoms with Crippen LogP contribution >= 0.6 is 23.6 Å². The fourth-order valence-electron chi connectivity index (χ4n) is 1.73. The highest BCUT2D eigenvalue weighted by molar-refractivity contribution is 7.73. The van der Waals surface area contributed by atoms with Crippen molar-refractivity contribution in [3.8, 4) is 5.88 Å². The van der Waals surface area contributed by atoms with E-state index >= 15 is 0 Å². The highest BCUT2D eigenvalue weighted by Gasteiger charge is 2.28. The van der Waals surface area contributed by atoms with Crippen LogP contribution in [0.1, 0.15) is 24.3 Å². The number of hydrogen-bond acceptors (Lipinski definition) is 3. The molecule has 1 heterocycles. The maximum absolute atomic E-state index is 9.82. The Hall–Kier alpha value is -1.13. The van der Waals surface area contributed by atoms with Crippen LogP contribution in [0.25, 0.3) is 0 Å². The van der Waals surface area contributed by atoms with E-state index in [9.17, 15) is 5.11 Å². The molecule has 0 fully saturated rings. The van der Waals surface area contributed by atoms with Crippen molar-refractivity contribution in [2.24, 2.45) is 0 Å². The average molecular weight is 251 g/mol. The summed E-state index contributed by atoms with van der Waals surface area (Å²) in [5.74, 6) is 0.184. The maximum atomic E-state index is 9.82. The molecule has 4 heteroatoms. The Morgan fingerprint density at radius 3 is 2.38 bits per heavy atom. The van der Waals surface area contributed by atoms with E-state index in [0.717, 1.165) is 10.4 Å². The molecule has 84 valence electrons. The van der Waals surface area contributed by atoms with E-state index in [1.165, 1.54) is 11.3 Å². The summed E-state index contributed by atoms with van der Waals surface area (Å²) in [5.41, 5.74) is 0.930. The Bertz CT molecular complexity index is 540. The molecule has 0 saturated heterocycles. The molecule has 0 aliphatic heterocycles. The van der Waals surface area contributed by atoms with Gasteiger partial charge in [-0.2, -0.15) is 0 Å². The molecule has 0 atom stereocenters. The summed E-state index contributed by atoms with van der Waals surface area (Å²) < 4.78 is 0.608. The fourth-order valence-corrected chi connectivity index (χ4v) is 2.93. The zero-order valence-corrected chi connectivity index (χ0v) is 10.8. The van der Waals surface area contributed by atoms with Gasteiger partial charge in [0.2, 0.25) is 5.88 Å². The van der Waals surface area contributed by atoms with Crippen molar-refractivity contribution in [1.82, 2.24) is 4.98 Å². The molecule has 2 N–H and O–H groups in total. The first-order chi connectivity index (χ1) is 7.51. The second-order valence-corrected chi connectivity index (χ2v) is 5.87. The lowest BCUT2D eigenvalue weighted by atomic mass is 9.83. The van der Waals surface area contributed by atoms with Gasteiger partial charge in [0.1, 0.15) is 0 Å². The molecule has 0 amide bonds. The third-order valence-electron chi connectivity index (χ3n) is 2.69. The number of aromatic amines is 1. The van der Waals surface area contributed by atoms with Crippen LogP contribution < -0.4 is 0 Å². The van der Waals surface area contributed by atoms with E-state index in [1.807, 2.05) is 18.2 Å². The zero-order chi connectivity index (χ0) is 11.8.